The molecule has 0 radical (unpaired) electrons. The molecule has 166 valence electrons. The number of hydrogen-bond donors (Lipinski definition) is 0. The Balaban J connectivity index is 1.54. The molecule has 5 rings (SSSR count). The number of carbonyl (C=O) groups is 1. The van der Waals surface area contributed by atoms with Gasteiger partial charge in [0, 0.05) is 34.4 Å². The van der Waals surface area contributed by atoms with E-state index in [0.29, 0.717) is 34.0 Å². The minimum absolute atomic E-state index is 0.150. The summed E-state index contributed by atoms with van der Waals surface area (Å²) in [5.41, 5.74) is 2.49. The molecular formula is C24H19Cl2N5O2. The Kier molecular flexibility index (Phi) is 5.31. The summed E-state index contributed by atoms with van der Waals surface area (Å²) in [6.07, 6.45) is 7.07. The van der Waals surface area contributed by atoms with Crippen LogP contribution in [0.2, 0.25) is 10.0 Å². The molecule has 0 fully saturated rings. The molecule has 0 unspecified atom stereocenters. The van der Waals surface area contributed by atoms with Crippen LogP contribution in [0.4, 0.5) is 11.6 Å². The molecule has 1 atom stereocenters. The molecule has 3 heterocycles. The van der Waals surface area contributed by atoms with Crippen molar-refractivity contribution >= 4 is 40.7 Å². The topological polar surface area (TPSA) is 73.1 Å². The molecule has 0 N–H and O–H groups in total. The van der Waals surface area contributed by atoms with Crippen LogP contribution in [0.15, 0.2) is 67.4 Å². The Morgan fingerprint density at radius 1 is 0.970 bits per heavy atom. The van der Waals surface area contributed by atoms with Gasteiger partial charge in [0.25, 0.3) is 5.91 Å². The zero-order valence-corrected chi connectivity index (χ0v) is 19.4. The van der Waals surface area contributed by atoms with Crippen LogP contribution in [0.5, 0.6) is 5.88 Å². The zero-order valence-electron chi connectivity index (χ0n) is 17.9. The van der Waals surface area contributed by atoms with E-state index in [1.807, 2.05) is 35.8 Å². The molecule has 1 aliphatic heterocycles. The van der Waals surface area contributed by atoms with Crippen LogP contribution < -0.4 is 9.64 Å². The quantitative estimate of drug-likeness (QED) is 0.388. The molecular weight excluding hydrogens is 461 g/mol. The molecule has 1 amide bonds. The maximum atomic E-state index is 13.8. The summed E-state index contributed by atoms with van der Waals surface area (Å²) in [4.78, 5) is 28.0. The monoisotopic (exact) mass is 479 g/mol. The SMILES string of the molecule is COc1cnc2n1[C@](C)(Cc1ccc(-c3cncnc3)cc1)C(=O)N2c1cc(Cl)cc(Cl)c1. The van der Waals surface area contributed by atoms with E-state index in [-0.39, 0.29) is 5.91 Å². The molecule has 1 aliphatic rings. The van der Waals surface area contributed by atoms with Gasteiger partial charge in [-0.1, -0.05) is 47.5 Å². The van der Waals surface area contributed by atoms with E-state index in [0.717, 1.165) is 16.7 Å². The predicted octanol–water partition coefficient (Wildman–Crippen LogP) is 5.29. The van der Waals surface area contributed by atoms with E-state index in [9.17, 15) is 4.79 Å². The van der Waals surface area contributed by atoms with Crippen molar-refractivity contribution in [3.63, 3.8) is 0 Å². The van der Waals surface area contributed by atoms with Gasteiger partial charge in [-0.15, -0.1) is 0 Å². The second-order valence-corrected chi connectivity index (χ2v) is 8.85. The van der Waals surface area contributed by atoms with Gasteiger partial charge in [0.2, 0.25) is 11.8 Å². The van der Waals surface area contributed by atoms with Gasteiger partial charge >= 0.3 is 0 Å². The lowest BCUT2D eigenvalue weighted by atomic mass is 9.91. The van der Waals surface area contributed by atoms with Crippen molar-refractivity contribution in [1.29, 1.82) is 0 Å². The molecule has 0 saturated heterocycles. The normalized spacial score (nSPS) is 17.3. The average molecular weight is 480 g/mol. The number of aromatic nitrogens is 4. The van der Waals surface area contributed by atoms with Crippen LogP contribution in [-0.2, 0) is 16.8 Å². The van der Waals surface area contributed by atoms with Crippen LogP contribution in [0.3, 0.4) is 0 Å². The van der Waals surface area contributed by atoms with Crippen molar-refractivity contribution < 1.29 is 9.53 Å². The van der Waals surface area contributed by atoms with E-state index in [4.69, 9.17) is 27.9 Å². The first kappa shape index (κ1) is 21.4. The Morgan fingerprint density at radius 2 is 1.64 bits per heavy atom. The molecule has 7 nitrogen and oxygen atoms in total. The van der Waals surface area contributed by atoms with E-state index in [2.05, 4.69) is 15.0 Å². The minimum Gasteiger partial charge on any atom is -0.481 e. The number of carbonyl (C=O) groups excluding carboxylic acids is 1. The molecule has 2 aromatic heterocycles. The number of benzene rings is 2. The first-order valence-electron chi connectivity index (χ1n) is 10.2. The van der Waals surface area contributed by atoms with Crippen molar-refractivity contribution in [2.24, 2.45) is 0 Å². The van der Waals surface area contributed by atoms with E-state index < -0.39 is 5.54 Å². The number of ether oxygens (including phenoxy) is 1. The smallest absolute Gasteiger partial charge is 0.260 e. The second-order valence-electron chi connectivity index (χ2n) is 7.98. The Bertz CT molecular complexity index is 1320. The highest BCUT2D eigenvalue weighted by atomic mass is 35.5. The molecule has 0 saturated carbocycles. The number of nitrogens with zero attached hydrogens (tertiary/aromatic N) is 5. The molecule has 0 spiro atoms. The van der Waals surface area contributed by atoms with Gasteiger partial charge in [-0.2, -0.15) is 0 Å². The van der Waals surface area contributed by atoms with Gasteiger partial charge < -0.3 is 4.74 Å². The van der Waals surface area contributed by atoms with Gasteiger partial charge in [-0.3, -0.25) is 9.36 Å². The highest BCUT2D eigenvalue weighted by Crippen LogP contribution is 2.45. The number of amides is 1. The standard InChI is InChI=1S/C24H19Cl2N5O2/c1-24(10-15-3-5-16(6-4-15)17-11-27-14-28-12-17)22(32)30(20-8-18(25)7-19(26)9-20)23-29-13-21(33-2)31(23)24/h3-9,11-14H,10H2,1-2H3/t24-/m1/s1. The summed E-state index contributed by atoms with van der Waals surface area (Å²) >= 11 is 12.4. The number of halogens is 2. The maximum absolute atomic E-state index is 13.8. The molecule has 0 aliphatic carbocycles. The zero-order chi connectivity index (χ0) is 23.2. The third-order valence-electron chi connectivity index (χ3n) is 5.78. The molecule has 9 heteroatoms. The number of fused-ring (bicyclic) bond motifs is 1. The summed E-state index contributed by atoms with van der Waals surface area (Å²) < 4.78 is 7.37. The van der Waals surface area contributed by atoms with Gasteiger partial charge in [0.15, 0.2) is 0 Å². The van der Waals surface area contributed by atoms with Crippen LogP contribution in [0, 0.1) is 0 Å². The second kappa shape index (κ2) is 8.17. The maximum Gasteiger partial charge on any atom is 0.260 e. The lowest BCUT2D eigenvalue weighted by Gasteiger charge is -2.26. The largest absolute Gasteiger partial charge is 0.481 e. The van der Waals surface area contributed by atoms with Crippen LogP contribution in [-0.4, -0.2) is 32.5 Å². The summed E-state index contributed by atoms with van der Waals surface area (Å²) in [5, 5.41) is 0.869. The highest BCUT2D eigenvalue weighted by molar-refractivity contribution is 6.35. The van der Waals surface area contributed by atoms with Crippen molar-refractivity contribution in [1.82, 2.24) is 19.5 Å². The van der Waals surface area contributed by atoms with Gasteiger partial charge in [0.1, 0.15) is 11.9 Å². The average Bonchev–Trinajstić information content (AvgIpc) is 3.32. The summed E-state index contributed by atoms with van der Waals surface area (Å²) in [5.74, 6) is 0.799. The number of rotatable bonds is 5. The molecule has 4 aromatic rings. The van der Waals surface area contributed by atoms with E-state index in [1.165, 1.54) is 11.2 Å². The van der Waals surface area contributed by atoms with Crippen LogP contribution >= 0.6 is 23.2 Å². The fraction of sp³-hybridized carbons (Fsp3) is 0.167. The fourth-order valence-corrected chi connectivity index (χ4v) is 4.75. The lowest BCUT2D eigenvalue weighted by Crippen LogP contribution is -2.41. The third kappa shape index (κ3) is 3.63. The molecule has 0 bridgehead atoms. The van der Waals surface area contributed by atoms with Gasteiger partial charge in [-0.05, 0) is 36.2 Å². The lowest BCUT2D eigenvalue weighted by molar-refractivity contribution is -0.124. The Labute approximate surface area is 200 Å². The third-order valence-corrected chi connectivity index (χ3v) is 6.22. The van der Waals surface area contributed by atoms with Gasteiger partial charge in [-0.25, -0.2) is 19.9 Å². The highest BCUT2D eigenvalue weighted by Gasteiger charge is 2.50. The molecule has 33 heavy (non-hydrogen) atoms. The Morgan fingerprint density at radius 3 is 2.27 bits per heavy atom. The number of imidazole rings is 1. The van der Waals surface area contributed by atoms with Gasteiger partial charge in [0.05, 0.1) is 19.0 Å². The predicted molar refractivity (Wildman–Crippen MR) is 127 cm³/mol. The first-order valence-corrected chi connectivity index (χ1v) is 10.9. The first-order chi connectivity index (χ1) is 15.9. The van der Waals surface area contributed by atoms with E-state index >= 15 is 0 Å². The van der Waals surface area contributed by atoms with Crippen LogP contribution in [0.25, 0.3) is 11.1 Å². The molecule has 2 aromatic carbocycles. The van der Waals surface area contributed by atoms with Crippen LogP contribution in [0.1, 0.15) is 12.5 Å². The summed E-state index contributed by atoms with van der Waals surface area (Å²) in [6.45, 7) is 1.88. The summed E-state index contributed by atoms with van der Waals surface area (Å²) in [6, 6.07) is 13.0. The van der Waals surface area contributed by atoms with Crippen molar-refractivity contribution in [3.05, 3.63) is 83.0 Å². The number of methoxy groups -OCH3 is 1. The van der Waals surface area contributed by atoms with Crippen molar-refractivity contribution in [2.75, 3.05) is 12.0 Å². The number of anilines is 2. The number of hydrogen-bond acceptors (Lipinski definition) is 5. The Hall–Kier alpha value is -3.42. The van der Waals surface area contributed by atoms with E-state index in [1.54, 1.807) is 43.9 Å². The fourth-order valence-electron chi connectivity index (χ4n) is 4.24. The summed E-state index contributed by atoms with van der Waals surface area (Å²) in [7, 11) is 1.56. The van der Waals surface area contributed by atoms with Crippen molar-refractivity contribution in [3.8, 4) is 17.0 Å². The van der Waals surface area contributed by atoms with Crippen molar-refractivity contribution in [2.45, 2.75) is 18.9 Å². The minimum atomic E-state index is -0.969.